The van der Waals surface area contributed by atoms with Crippen LogP contribution in [0.15, 0.2) is 42.2 Å². The Bertz CT molecular complexity index is 1390. The summed E-state index contributed by atoms with van der Waals surface area (Å²) in [7, 11) is 1.52. The molecule has 1 aliphatic rings. The highest BCUT2D eigenvalue weighted by Gasteiger charge is 2.31. The van der Waals surface area contributed by atoms with Gasteiger partial charge in [-0.2, -0.15) is 8.78 Å². The smallest absolute Gasteiger partial charge is 0.349 e. The molecule has 1 aliphatic heterocycles. The molecule has 0 unspecified atom stereocenters. The zero-order valence-corrected chi connectivity index (χ0v) is 18.6. The highest BCUT2D eigenvalue weighted by Crippen LogP contribution is 2.39. The van der Waals surface area contributed by atoms with Gasteiger partial charge in [-0.25, -0.2) is 18.0 Å². The lowest BCUT2D eigenvalue weighted by molar-refractivity contribution is -0.136. The Kier molecular flexibility index (Phi) is 6.65. The quantitative estimate of drug-likeness (QED) is 0.113. The van der Waals surface area contributed by atoms with E-state index in [1.54, 1.807) is 24.3 Å². The van der Waals surface area contributed by atoms with Gasteiger partial charge < -0.3 is 18.9 Å². The first-order valence-corrected chi connectivity index (χ1v) is 10.2. The molecule has 4 rings (SSSR count). The van der Waals surface area contributed by atoms with E-state index in [0.717, 1.165) is 0 Å². The van der Waals surface area contributed by atoms with Crippen LogP contribution in [0.5, 0.6) is 23.0 Å². The summed E-state index contributed by atoms with van der Waals surface area (Å²) in [4.78, 5) is 24.8. The van der Waals surface area contributed by atoms with Crippen molar-refractivity contribution in [3.63, 3.8) is 0 Å². The minimum Gasteiger partial charge on any atom is -0.497 e. The van der Waals surface area contributed by atoms with Gasteiger partial charge in [0.2, 0.25) is 34.9 Å². The number of carbonyl (C=O) groups is 2. The van der Waals surface area contributed by atoms with E-state index in [0.29, 0.717) is 11.3 Å². The van der Waals surface area contributed by atoms with Gasteiger partial charge in [-0.05, 0) is 42.8 Å². The summed E-state index contributed by atoms with van der Waals surface area (Å²) in [5.41, 5.74) is 1.13. The highest BCUT2D eigenvalue weighted by molar-refractivity contribution is 6.15. The van der Waals surface area contributed by atoms with E-state index in [1.807, 2.05) is 0 Å². The third-order valence-corrected chi connectivity index (χ3v) is 5.18. The first-order valence-electron chi connectivity index (χ1n) is 10.2. The van der Waals surface area contributed by atoms with Crippen LogP contribution in [0.3, 0.4) is 0 Å². The van der Waals surface area contributed by atoms with Crippen LogP contribution in [0.2, 0.25) is 0 Å². The van der Waals surface area contributed by atoms with E-state index in [2.05, 4.69) is 4.74 Å². The van der Waals surface area contributed by atoms with Crippen molar-refractivity contribution >= 4 is 17.8 Å². The van der Waals surface area contributed by atoms with Crippen molar-refractivity contribution in [2.24, 2.45) is 0 Å². The second-order valence-electron chi connectivity index (χ2n) is 7.44. The number of esters is 1. The number of ether oxygens (including phenoxy) is 4. The average molecular weight is 506 g/mol. The lowest BCUT2D eigenvalue weighted by Crippen LogP contribution is -2.20. The molecule has 0 saturated carbocycles. The molecule has 186 valence electrons. The molecule has 0 fully saturated rings. The number of halogens is 5. The fraction of sp³-hybridized carbons (Fsp3) is 0.120. The molecule has 11 heteroatoms. The molecule has 0 saturated heterocycles. The maximum absolute atomic E-state index is 13.7. The Labute approximate surface area is 200 Å². The third-order valence-electron chi connectivity index (χ3n) is 5.18. The molecule has 1 heterocycles. The second kappa shape index (κ2) is 9.68. The standard InChI is InChI=1S/C25H15F5O6/c1-11-15(35-17(31)10-34-25-21(29)19(27)18(26)20(28)22(25)30)8-7-14-23(32)16(36-24(11)14)9-12-3-5-13(33-2)6-4-12/h3-9H,10H2,1-2H3/b16-9-. The number of rotatable bonds is 6. The summed E-state index contributed by atoms with van der Waals surface area (Å²) < 4.78 is 87.4. The van der Waals surface area contributed by atoms with Gasteiger partial charge in [0.25, 0.3) is 0 Å². The third kappa shape index (κ3) is 4.47. The predicted molar refractivity (Wildman–Crippen MR) is 114 cm³/mol. The van der Waals surface area contributed by atoms with Crippen LogP contribution in [0.4, 0.5) is 22.0 Å². The van der Waals surface area contributed by atoms with Gasteiger partial charge >= 0.3 is 5.97 Å². The number of carbonyl (C=O) groups excluding carboxylic acids is 2. The SMILES string of the molecule is COc1ccc(/C=C2\Oc3c(ccc(OC(=O)COc4c(F)c(F)c(F)c(F)c4F)c3C)C2=O)cc1. The zero-order valence-electron chi connectivity index (χ0n) is 18.6. The first kappa shape index (κ1) is 24.7. The van der Waals surface area contributed by atoms with Crippen LogP contribution in [-0.2, 0) is 4.79 Å². The zero-order chi connectivity index (χ0) is 26.1. The number of fused-ring (bicyclic) bond motifs is 1. The molecule has 0 aromatic heterocycles. The molecule has 0 amide bonds. The number of hydrogen-bond donors (Lipinski definition) is 0. The van der Waals surface area contributed by atoms with Crippen LogP contribution >= 0.6 is 0 Å². The van der Waals surface area contributed by atoms with E-state index in [1.165, 1.54) is 32.2 Å². The fourth-order valence-electron chi connectivity index (χ4n) is 3.32. The number of hydrogen-bond acceptors (Lipinski definition) is 6. The van der Waals surface area contributed by atoms with Crippen molar-refractivity contribution < 1.29 is 50.5 Å². The van der Waals surface area contributed by atoms with E-state index >= 15 is 0 Å². The second-order valence-corrected chi connectivity index (χ2v) is 7.44. The summed E-state index contributed by atoms with van der Waals surface area (Å²) in [5, 5.41) is 0. The summed E-state index contributed by atoms with van der Waals surface area (Å²) in [6.07, 6.45) is 1.52. The van der Waals surface area contributed by atoms with Gasteiger partial charge in [-0.3, -0.25) is 4.79 Å². The van der Waals surface area contributed by atoms with Crippen molar-refractivity contribution in [2.75, 3.05) is 13.7 Å². The largest absolute Gasteiger partial charge is 0.497 e. The van der Waals surface area contributed by atoms with E-state index in [-0.39, 0.29) is 28.4 Å². The molecule has 0 bridgehead atoms. The Hall–Kier alpha value is -4.41. The Balaban J connectivity index is 1.49. The van der Waals surface area contributed by atoms with E-state index < -0.39 is 53.2 Å². The predicted octanol–water partition coefficient (Wildman–Crippen LogP) is 5.30. The number of Topliss-reactive ketones (excluding diaryl/α,β-unsaturated/α-hetero) is 1. The molecule has 6 nitrogen and oxygen atoms in total. The van der Waals surface area contributed by atoms with Gasteiger partial charge in [0.1, 0.15) is 17.2 Å². The highest BCUT2D eigenvalue weighted by atomic mass is 19.2. The lowest BCUT2D eigenvalue weighted by Gasteiger charge is -2.12. The molecule has 0 spiro atoms. The molecule has 0 N–H and O–H groups in total. The Morgan fingerprint density at radius 3 is 2.14 bits per heavy atom. The maximum Gasteiger partial charge on any atom is 0.349 e. The minimum atomic E-state index is -2.36. The van der Waals surface area contributed by atoms with Crippen molar-refractivity contribution in [3.8, 4) is 23.0 Å². The van der Waals surface area contributed by atoms with Gasteiger partial charge in [0.15, 0.2) is 18.1 Å². The van der Waals surface area contributed by atoms with Gasteiger partial charge in [-0.15, -0.1) is 0 Å². The fourth-order valence-corrected chi connectivity index (χ4v) is 3.32. The molecule has 36 heavy (non-hydrogen) atoms. The number of methoxy groups -OCH3 is 1. The molecule has 0 aliphatic carbocycles. The molecule has 3 aromatic carbocycles. The normalized spacial score (nSPS) is 13.4. The molecular formula is C25H15F5O6. The van der Waals surface area contributed by atoms with Crippen LogP contribution in [-0.4, -0.2) is 25.5 Å². The van der Waals surface area contributed by atoms with Gasteiger partial charge in [0.05, 0.1) is 12.7 Å². The number of allylic oxidation sites excluding steroid dienone is 1. The van der Waals surface area contributed by atoms with E-state index in [4.69, 9.17) is 14.2 Å². The first-order chi connectivity index (χ1) is 17.1. The minimum absolute atomic E-state index is 0.0244. The molecular weight excluding hydrogens is 491 g/mol. The number of ketones is 1. The van der Waals surface area contributed by atoms with Gasteiger partial charge in [0, 0.05) is 5.56 Å². The summed E-state index contributed by atoms with van der Waals surface area (Å²) >= 11 is 0. The molecule has 3 aromatic rings. The van der Waals surface area contributed by atoms with Crippen molar-refractivity contribution in [2.45, 2.75) is 6.92 Å². The average Bonchev–Trinajstić information content (AvgIpc) is 3.19. The topological polar surface area (TPSA) is 71.1 Å². The van der Waals surface area contributed by atoms with Crippen molar-refractivity contribution in [1.82, 2.24) is 0 Å². The summed E-state index contributed by atoms with van der Waals surface area (Å²) in [6, 6.07) is 9.49. The van der Waals surface area contributed by atoms with Crippen LogP contribution in [0, 0.1) is 36.0 Å². The van der Waals surface area contributed by atoms with E-state index in [9.17, 15) is 31.5 Å². The van der Waals surface area contributed by atoms with Gasteiger partial charge in [-0.1, -0.05) is 12.1 Å². The maximum atomic E-state index is 13.7. The van der Waals surface area contributed by atoms with Crippen molar-refractivity contribution in [3.05, 3.63) is 87.9 Å². The Morgan fingerprint density at radius 1 is 0.917 bits per heavy atom. The number of benzene rings is 3. The molecule has 0 atom stereocenters. The van der Waals surface area contributed by atoms with Crippen LogP contribution < -0.4 is 18.9 Å². The summed E-state index contributed by atoms with van der Waals surface area (Å²) in [6.45, 7) is 0.327. The monoisotopic (exact) mass is 506 g/mol. The van der Waals surface area contributed by atoms with Crippen LogP contribution in [0.25, 0.3) is 6.08 Å². The molecule has 0 radical (unpaired) electrons. The Morgan fingerprint density at radius 2 is 1.53 bits per heavy atom. The van der Waals surface area contributed by atoms with Crippen molar-refractivity contribution in [1.29, 1.82) is 0 Å². The van der Waals surface area contributed by atoms with Crippen LogP contribution in [0.1, 0.15) is 21.5 Å². The summed E-state index contributed by atoms with van der Waals surface area (Å²) in [5.74, 6) is -13.8. The lowest BCUT2D eigenvalue weighted by atomic mass is 10.1.